The highest BCUT2D eigenvalue weighted by molar-refractivity contribution is 5.94. The Balaban J connectivity index is 1.92. The predicted molar refractivity (Wildman–Crippen MR) is 58.2 cm³/mol. The fourth-order valence-corrected chi connectivity index (χ4v) is 1.80. The number of rotatable bonds is 3. The van der Waals surface area contributed by atoms with E-state index >= 15 is 0 Å². The molecular formula is C11H13N3O3. The summed E-state index contributed by atoms with van der Waals surface area (Å²) in [6.07, 6.45) is 2.88. The summed E-state index contributed by atoms with van der Waals surface area (Å²) in [5.41, 5.74) is 0.487. The summed E-state index contributed by atoms with van der Waals surface area (Å²) in [6.45, 7) is 2.66. The van der Waals surface area contributed by atoms with E-state index in [1.54, 1.807) is 17.9 Å². The van der Waals surface area contributed by atoms with Crippen molar-refractivity contribution in [1.82, 2.24) is 15.1 Å². The summed E-state index contributed by atoms with van der Waals surface area (Å²) in [5, 5.41) is 16.1. The lowest BCUT2D eigenvalue weighted by Gasteiger charge is -2.41. The lowest BCUT2D eigenvalue weighted by Crippen LogP contribution is -2.53. The molecule has 1 aliphatic rings. The average molecular weight is 235 g/mol. The number of hydrogen-bond donors (Lipinski definition) is 1. The number of aromatic nitrogens is 2. The van der Waals surface area contributed by atoms with Crippen LogP contribution >= 0.6 is 0 Å². The number of carboxylic acid groups (broad SMARTS) is 1. The first kappa shape index (κ1) is 11.5. The Kier molecular flexibility index (Phi) is 3.03. The van der Waals surface area contributed by atoms with Crippen molar-refractivity contribution in [3.05, 3.63) is 24.0 Å². The number of nitrogens with zero attached hydrogens (tertiary/aromatic N) is 3. The molecule has 0 radical (unpaired) electrons. The van der Waals surface area contributed by atoms with Gasteiger partial charge in [0, 0.05) is 19.0 Å². The van der Waals surface area contributed by atoms with Crippen molar-refractivity contribution in [3.63, 3.8) is 0 Å². The monoisotopic (exact) mass is 235 g/mol. The van der Waals surface area contributed by atoms with Gasteiger partial charge in [-0.05, 0) is 6.07 Å². The van der Waals surface area contributed by atoms with Crippen molar-refractivity contribution in [2.45, 2.75) is 6.92 Å². The lowest BCUT2D eigenvalue weighted by atomic mass is 9.87. The van der Waals surface area contributed by atoms with Gasteiger partial charge in [0.1, 0.15) is 0 Å². The second-order valence-corrected chi connectivity index (χ2v) is 4.23. The third-order valence-corrected chi connectivity index (χ3v) is 3.12. The van der Waals surface area contributed by atoms with Crippen molar-refractivity contribution >= 4 is 11.9 Å². The minimum absolute atomic E-state index is 0.0475. The molecule has 2 heterocycles. The number of carbonyl (C=O) groups excluding carboxylic acids is 1. The molecule has 1 atom stereocenters. The van der Waals surface area contributed by atoms with E-state index in [4.69, 9.17) is 5.11 Å². The molecular weight excluding hydrogens is 222 g/mol. The van der Waals surface area contributed by atoms with E-state index in [9.17, 15) is 9.59 Å². The zero-order valence-corrected chi connectivity index (χ0v) is 9.41. The maximum atomic E-state index is 11.9. The van der Waals surface area contributed by atoms with Crippen LogP contribution in [-0.2, 0) is 4.79 Å². The van der Waals surface area contributed by atoms with Crippen LogP contribution in [-0.4, -0.2) is 45.2 Å². The quantitative estimate of drug-likeness (QED) is 0.813. The van der Waals surface area contributed by atoms with Crippen LogP contribution in [0.3, 0.4) is 0 Å². The largest absolute Gasteiger partial charge is 0.481 e. The molecule has 1 N–H and O–H groups in total. The molecule has 0 aromatic carbocycles. The lowest BCUT2D eigenvalue weighted by molar-refractivity contribution is -0.144. The van der Waals surface area contributed by atoms with Crippen LogP contribution < -0.4 is 0 Å². The SMILES string of the molecule is CC(C(=O)O)C1CN(C(=O)c2ccnnc2)C1. The van der Waals surface area contributed by atoms with Gasteiger partial charge in [-0.1, -0.05) is 6.92 Å². The Bertz CT molecular complexity index is 429. The van der Waals surface area contributed by atoms with Crippen LogP contribution in [0.5, 0.6) is 0 Å². The molecule has 1 saturated heterocycles. The normalized spacial score (nSPS) is 17.4. The molecule has 1 amide bonds. The number of hydrogen-bond acceptors (Lipinski definition) is 4. The molecule has 2 rings (SSSR count). The van der Waals surface area contributed by atoms with E-state index in [2.05, 4.69) is 10.2 Å². The van der Waals surface area contributed by atoms with Gasteiger partial charge in [-0.15, -0.1) is 0 Å². The molecule has 0 bridgehead atoms. The molecule has 0 aliphatic carbocycles. The van der Waals surface area contributed by atoms with Crippen molar-refractivity contribution in [1.29, 1.82) is 0 Å². The maximum Gasteiger partial charge on any atom is 0.306 e. The van der Waals surface area contributed by atoms with Crippen LogP contribution in [0, 0.1) is 11.8 Å². The number of carboxylic acids is 1. The third kappa shape index (κ3) is 2.25. The highest BCUT2D eigenvalue weighted by Crippen LogP contribution is 2.25. The minimum Gasteiger partial charge on any atom is -0.481 e. The number of amides is 1. The van der Waals surface area contributed by atoms with Crippen LogP contribution in [0.4, 0.5) is 0 Å². The second kappa shape index (κ2) is 4.48. The Labute approximate surface area is 98.3 Å². The van der Waals surface area contributed by atoms with Gasteiger partial charge in [-0.3, -0.25) is 9.59 Å². The fourth-order valence-electron chi connectivity index (χ4n) is 1.80. The Morgan fingerprint density at radius 1 is 1.47 bits per heavy atom. The molecule has 90 valence electrons. The fraction of sp³-hybridized carbons (Fsp3) is 0.455. The van der Waals surface area contributed by atoms with Gasteiger partial charge in [-0.2, -0.15) is 10.2 Å². The molecule has 6 nitrogen and oxygen atoms in total. The van der Waals surface area contributed by atoms with Crippen molar-refractivity contribution < 1.29 is 14.7 Å². The Morgan fingerprint density at radius 3 is 2.71 bits per heavy atom. The first-order valence-electron chi connectivity index (χ1n) is 5.38. The Morgan fingerprint density at radius 2 is 2.18 bits per heavy atom. The van der Waals surface area contributed by atoms with Crippen molar-refractivity contribution in [3.8, 4) is 0 Å². The highest BCUT2D eigenvalue weighted by atomic mass is 16.4. The van der Waals surface area contributed by atoms with E-state index in [-0.39, 0.29) is 11.8 Å². The maximum absolute atomic E-state index is 11.9. The molecule has 1 aromatic rings. The molecule has 17 heavy (non-hydrogen) atoms. The first-order valence-corrected chi connectivity index (χ1v) is 5.38. The molecule has 1 fully saturated rings. The van der Waals surface area contributed by atoms with Gasteiger partial charge in [-0.25, -0.2) is 0 Å². The summed E-state index contributed by atoms with van der Waals surface area (Å²) in [4.78, 5) is 24.3. The molecule has 1 aromatic heterocycles. The topological polar surface area (TPSA) is 83.4 Å². The van der Waals surface area contributed by atoms with Gasteiger partial charge in [0.2, 0.25) is 0 Å². The molecule has 1 unspecified atom stereocenters. The first-order chi connectivity index (χ1) is 8.09. The van der Waals surface area contributed by atoms with E-state index in [1.807, 2.05) is 0 Å². The molecule has 0 spiro atoms. The number of aliphatic carboxylic acids is 1. The summed E-state index contributed by atoms with van der Waals surface area (Å²) < 4.78 is 0. The summed E-state index contributed by atoms with van der Waals surface area (Å²) in [6, 6.07) is 1.60. The van der Waals surface area contributed by atoms with Crippen LogP contribution in [0.1, 0.15) is 17.3 Å². The zero-order chi connectivity index (χ0) is 12.4. The second-order valence-electron chi connectivity index (χ2n) is 4.23. The predicted octanol–water partition coefficient (Wildman–Crippen LogP) is 0.269. The van der Waals surface area contributed by atoms with Crippen LogP contribution in [0.15, 0.2) is 18.5 Å². The van der Waals surface area contributed by atoms with E-state index < -0.39 is 11.9 Å². The Hall–Kier alpha value is -1.98. The molecule has 1 aliphatic heterocycles. The summed E-state index contributed by atoms with van der Waals surface area (Å²) in [7, 11) is 0. The van der Waals surface area contributed by atoms with E-state index in [1.165, 1.54) is 12.4 Å². The number of carbonyl (C=O) groups is 2. The standard InChI is InChI=1S/C11H13N3O3/c1-7(11(16)17)9-5-14(6-9)10(15)8-2-3-12-13-4-8/h2-4,7,9H,5-6H2,1H3,(H,16,17). The smallest absolute Gasteiger partial charge is 0.306 e. The van der Waals surface area contributed by atoms with Gasteiger partial charge in [0.05, 0.1) is 23.9 Å². The van der Waals surface area contributed by atoms with Gasteiger partial charge in [0.15, 0.2) is 0 Å². The average Bonchev–Trinajstić information content (AvgIpc) is 2.27. The van der Waals surface area contributed by atoms with Gasteiger partial charge in [0.25, 0.3) is 5.91 Å². The number of likely N-dealkylation sites (tertiary alicyclic amines) is 1. The molecule has 0 saturated carbocycles. The van der Waals surface area contributed by atoms with Crippen LogP contribution in [0.25, 0.3) is 0 Å². The van der Waals surface area contributed by atoms with Crippen molar-refractivity contribution in [2.24, 2.45) is 11.8 Å². The highest BCUT2D eigenvalue weighted by Gasteiger charge is 2.37. The minimum atomic E-state index is -0.812. The zero-order valence-electron chi connectivity index (χ0n) is 9.41. The summed E-state index contributed by atoms with van der Waals surface area (Å²) in [5.74, 6) is -1.29. The van der Waals surface area contributed by atoms with E-state index in [0.717, 1.165) is 0 Å². The van der Waals surface area contributed by atoms with Crippen molar-refractivity contribution in [2.75, 3.05) is 13.1 Å². The van der Waals surface area contributed by atoms with Gasteiger partial charge >= 0.3 is 5.97 Å². The van der Waals surface area contributed by atoms with Gasteiger partial charge < -0.3 is 10.0 Å². The summed E-state index contributed by atoms with van der Waals surface area (Å²) >= 11 is 0. The third-order valence-electron chi connectivity index (χ3n) is 3.12. The van der Waals surface area contributed by atoms with E-state index in [0.29, 0.717) is 18.7 Å². The molecule has 6 heteroatoms. The van der Waals surface area contributed by atoms with Crippen LogP contribution in [0.2, 0.25) is 0 Å².